The first-order chi connectivity index (χ1) is 6.63. The molecule has 0 radical (unpaired) electrons. The van der Waals surface area contributed by atoms with Crippen LogP contribution in [0.3, 0.4) is 0 Å². The van der Waals surface area contributed by atoms with Crippen molar-refractivity contribution >= 4 is 0 Å². The zero-order valence-electron chi connectivity index (χ0n) is 10.1. The molecule has 0 spiro atoms. The van der Waals surface area contributed by atoms with E-state index in [0.29, 0.717) is 6.04 Å². The van der Waals surface area contributed by atoms with E-state index in [-0.39, 0.29) is 0 Å². The third-order valence-electron chi connectivity index (χ3n) is 3.06. The summed E-state index contributed by atoms with van der Waals surface area (Å²) in [6, 6.07) is 0.701. The molecule has 2 atom stereocenters. The Kier molecular flexibility index (Phi) is 4.85. The fourth-order valence-electron chi connectivity index (χ4n) is 2.36. The van der Waals surface area contributed by atoms with Crippen LogP contribution in [0.25, 0.3) is 0 Å². The van der Waals surface area contributed by atoms with Crippen molar-refractivity contribution in [3.63, 3.8) is 0 Å². The quantitative estimate of drug-likeness (QED) is 0.695. The molecule has 0 aromatic rings. The Labute approximate surface area is 88.5 Å². The van der Waals surface area contributed by atoms with Crippen LogP contribution < -0.4 is 5.32 Å². The highest BCUT2D eigenvalue weighted by molar-refractivity contribution is 4.81. The van der Waals surface area contributed by atoms with Gasteiger partial charge in [-0.25, -0.2) is 0 Å². The average Bonchev–Trinajstić information content (AvgIpc) is 2.52. The summed E-state index contributed by atoms with van der Waals surface area (Å²) in [7, 11) is 6.35. The van der Waals surface area contributed by atoms with Crippen molar-refractivity contribution in [2.75, 3.05) is 47.3 Å². The van der Waals surface area contributed by atoms with E-state index in [1.807, 2.05) is 7.05 Å². The van der Waals surface area contributed by atoms with E-state index in [4.69, 9.17) is 0 Å². The molecule has 0 amide bonds. The van der Waals surface area contributed by atoms with E-state index in [9.17, 15) is 0 Å². The van der Waals surface area contributed by atoms with Crippen LogP contribution in [0.2, 0.25) is 0 Å². The van der Waals surface area contributed by atoms with E-state index < -0.39 is 0 Å². The van der Waals surface area contributed by atoms with Gasteiger partial charge in [-0.2, -0.15) is 0 Å². The lowest BCUT2D eigenvalue weighted by atomic mass is 10.1. The number of likely N-dealkylation sites (N-methyl/N-ethyl adjacent to an activating group) is 1. The van der Waals surface area contributed by atoms with Crippen LogP contribution >= 0.6 is 0 Å². The Morgan fingerprint density at radius 3 is 2.79 bits per heavy atom. The first-order valence-corrected chi connectivity index (χ1v) is 5.67. The van der Waals surface area contributed by atoms with Gasteiger partial charge in [0.2, 0.25) is 0 Å². The van der Waals surface area contributed by atoms with E-state index in [1.54, 1.807) is 0 Å². The molecule has 0 aromatic heterocycles. The van der Waals surface area contributed by atoms with Gasteiger partial charge in [-0.15, -0.1) is 0 Å². The Balaban J connectivity index is 2.26. The summed E-state index contributed by atoms with van der Waals surface area (Å²) < 4.78 is 0. The molecule has 0 aliphatic carbocycles. The summed E-state index contributed by atoms with van der Waals surface area (Å²) in [4.78, 5) is 4.89. The summed E-state index contributed by atoms with van der Waals surface area (Å²) in [5.41, 5.74) is 0. The Morgan fingerprint density at radius 2 is 2.21 bits per heavy atom. The van der Waals surface area contributed by atoms with Crippen LogP contribution in [0.15, 0.2) is 0 Å². The van der Waals surface area contributed by atoms with Gasteiger partial charge in [0.1, 0.15) is 0 Å². The van der Waals surface area contributed by atoms with Crippen LogP contribution in [-0.4, -0.2) is 63.2 Å². The lowest BCUT2D eigenvalue weighted by Crippen LogP contribution is -2.39. The van der Waals surface area contributed by atoms with Crippen LogP contribution in [0, 0.1) is 5.92 Å². The minimum atomic E-state index is 0.701. The predicted octanol–water partition coefficient (Wildman–Crippen LogP) is 0.478. The van der Waals surface area contributed by atoms with Gasteiger partial charge in [0.15, 0.2) is 0 Å². The number of rotatable bonds is 5. The topological polar surface area (TPSA) is 18.5 Å². The molecule has 0 aromatic carbocycles. The molecule has 1 saturated heterocycles. The summed E-state index contributed by atoms with van der Waals surface area (Å²) in [5.74, 6) is 0.865. The average molecular weight is 199 g/mol. The number of likely N-dealkylation sites (tertiary alicyclic amines) is 1. The molecule has 3 heteroatoms. The maximum Gasteiger partial charge on any atom is 0.0194 e. The number of hydrogen-bond donors (Lipinski definition) is 1. The van der Waals surface area contributed by atoms with Gasteiger partial charge in [0.25, 0.3) is 0 Å². The molecule has 84 valence electrons. The highest BCUT2D eigenvalue weighted by Gasteiger charge is 2.25. The molecule has 1 heterocycles. The highest BCUT2D eigenvalue weighted by atomic mass is 15.2. The van der Waals surface area contributed by atoms with E-state index >= 15 is 0 Å². The van der Waals surface area contributed by atoms with Gasteiger partial charge in [0.05, 0.1) is 0 Å². The Morgan fingerprint density at radius 1 is 1.50 bits per heavy atom. The predicted molar refractivity (Wildman–Crippen MR) is 61.6 cm³/mol. The van der Waals surface area contributed by atoms with Crippen molar-refractivity contribution in [3.8, 4) is 0 Å². The lowest BCUT2D eigenvalue weighted by molar-refractivity contribution is 0.203. The minimum absolute atomic E-state index is 0.701. The van der Waals surface area contributed by atoms with Crippen LogP contribution in [0.5, 0.6) is 0 Å². The second-order valence-corrected chi connectivity index (χ2v) is 4.82. The molecule has 14 heavy (non-hydrogen) atoms. The fraction of sp³-hybridized carbons (Fsp3) is 1.00. The number of nitrogens with one attached hydrogen (secondary N) is 1. The maximum atomic E-state index is 3.27. The molecule has 1 aliphatic heterocycles. The molecule has 1 rings (SSSR count). The molecule has 1 N–H and O–H groups in total. The van der Waals surface area contributed by atoms with E-state index in [0.717, 1.165) is 5.92 Å². The van der Waals surface area contributed by atoms with E-state index in [2.05, 4.69) is 36.1 Å². The molecule has 0 bridgehead atoms. The third kappa shape index (κ3) is 3.56. The monoisotopic (exact) mass is 199 g/mol. The summed E-state index contributed by atoms with van der Waals surface area (Å²) in [5, 5.41) is 3.27. The standard InChI is InChI=1S/C11H25N3/c1-10(8-13(3)4)14-6-5-11(9-14)7-12-2/h10-12H,5-9H2,1-4H3. The van der Waals surface area contributed by atoms with Gasteiger partial charge < -0.3 is 10.2 Å². The lowest BCUT2D eigenvalue weighted by Gasteiger charge is -2.27. The normalized spacial score (nSPS) is 25.9. The molecule has 3 nitrogen and oxygen atoms in total. The largest absolute Gasteiger partial charge is 0.319 e. The number of nitrogens with zero attached hydrogens (tertiary/aromatic N) is 2. The van der Waals surface area contributed by atoms with Crippen LogP contribution in [0.1, 0.15) is 13.3 Å². The van der Waals surface area contributed by atoms with Crippen molar-refractivity contribution in [2.24, 2.45) is 5.92 Å². The van der Waals surface area contributed by atoms with E-state index in [1.165, 1.54) is 32.6 Å². The third-order valence-corrected chi connectivity index (χ3v) is 3.06. The second kappa shape index (κ2) is 5.69. The molecule has 1 aliphatic rings. The van der Waals surface area contributed by atoms with Crippen LogP contribution in [-0.2, 0) is 0 Å². The molecular weight excluding hydrogens is 174 g/mol. The Hall–Kier alpha value is -0.120. The first kappa shape index (κ1) is 12.0. The van der Waals surface area contributed by atoms with Gasteiger partial charge in [-0.05, 0) is 53.5 Å². The maximum absolute atomic E-state index is 3.27. The molecule has 1 fully saturated rings. The van der Waals surface area contributed by atoms with Gasteiger partial charge in [-0.1, -0.05) is 0 Å². The molecule has 2 unspecified atom stereocenters. The fourth-order valence-corrected chi connectivity index (χ4v) is 2.36. The minimum Gasteiger partial charge on any atom is -0.319 e. The molecular formula is C11H25N3. The van der Waals surface area contributed by atoms with Crippen molar-refractivity contribution in [3.05, 3.63) is 0 Å². The van der Waals surface area contributed by atoms with Crippen molar-refractivity contribution in [2.45, 2.75) is 19.4 Å². The Bertz CT molecular complexity index is 159. The van der Waals surface area contributed by atoms with Crippen LogP contribution in [0.4, 0.5) is 0 Å². The van der Waals surface area contributed by atoms with Gasteiger partial charge in [0, 0.05) is 19.1 Å². The SMILES string of the molecule is CNCC1CCN(C(C)CN(C)C)C1. The summed E-state index contributed by atoms with van der Waals surface area (Å²) in [6.45, 7) is 7.23. The number of hydrogen-bond acceptors (Lipinski definition) is 3. The highest BCUT2D eigenvalue weighted by Crippen LogP contribution is 2.17. The molecule has 0 saturated carbocycles. The smallest absolute Gasteiger partial charge is 0.0194 e. The van der Waals surface area contributed by atoms with Gasteiger partial charge >= 0.3 is 0 Å². The summed E-state index contributed by atoms with van der Waals surface area (Å²) in [6.07, 6.45) is 1.36. The summed E-state index contributed by atoms with van der Waals surface area (Å²) >= 11 is 0. The van der Waals surface area contributed by atoms with Crippen molar-refractivity contribution < 1.29 is 0 Å². The van der Waals surface area contributed by atoms with Gasteiger partial charge in [-0.3, -0.25) is 4.90 Å². The second-order valence-electron chi connectivity index (χ2n) is 4.82. The van der Waals surface area contributed by atoms with Crippen molar-refractivity contribution in [1.82, 2.24) is 15.1 Å². The first-order valence-electron chi connectivity index (χ1n) is 5.67. The zero-order chi connectivity index (χ0) is 10.6. The zero-order valence-corrected chi connectivity index (χ0v) is 10.1. The van der Waals surface area contributed by atoms with Crippen molar-refractivity contribution in [1.29, 1.82) is 0 Å².